The summed E-state index contributed by atoms with van der Waals surface area (Å²) in [4.78, 5) is 4.31. The van der Waals surface area contributed by atoms with Crippen LogP contribution in [0.25, 0.3) is 0 Å². The molecular formula is C15H25N2P. The number of aromatic nitrogens is 2. The van der Waals surface area contributed by atoms with Crippen LogP contribution in [0.1, 0.15) is 64.2 Å². The Kier molecular flexibility index (Phi) is 4.36. The minimum atomic E-state index is -0.000895. The molecule has 18 heavy (non-hydrogen) atoms. The molecule has 0 aliphatic heterocycles. The van der Waals surface area contributed by atoms with Crippen molar-refractivity contribution in [2.45, 2.75) is 75.5 Å². The van der Waals surface area contributed by atoms with E-state index in [-0.39, 0.29) is 8.07 Å². The summed E-state index contributed by atoms with van der Waals surface area (Å²) in [5.41, 5.74) is 1.96. The zero-order chi connectivity index (χ0) is 12.2. The van der Waals surface area contributed by atoms with Gasteiger partial charge in [-0.1, -0.05) is 38.5 Å². The van der Waals surface area contributed by atoms with E-state index < -0.39 is 0 Å². The summed E-state index contributed by atoms with van der Waals surface area (Å²) < 4.78 is 2.50. The van der Waals surface area contributed by atoms with E-state index in [0.717, 1.165) is 11.3 Å². The number of rotatable bonds is 3. The Bertz CT molecular complexity index is 319. The molecule has 100 valence electrons. The molecule has 2 fully saturated rings. The van der Waals surface area contributed by atoms with Gasteiger partial charge in [0.2, 0.25) is 0 Å². The van der Waals surface area contributed by atoms with Crippen LogP contribution in [0.3, 0.4) is 0 Å². The minimum absolute atomic E-state index is 0.000895. The minimum Gasteiger partial charge on any atom is -0.315 e. The predicted molar refractivity (Wildman–Crippen MR) is 78.3 cm³/mol. The van der Waals surface area contributed by atoms with Gasteiger partial charge in [0.1, 0.15) is 0 Å². The van der Waals surface area contributed by atoms with Crippen LogP contribution in [0, 0.1) is 0 Å². The second-order valence-corrected chi connectivity index (χ2v) is 8.59. The first-order chi connectivity index (χ1) is 8.95. The molecule has 2 nitrogen and oxygen atoms in total. The van der Waals surface area contributed by atoms with Crippen LogP contribution in [-0.2, 0) is 0 Å². The summed E-state index contributed by atoms with van der Waals surface area (Å²) in [5, 5.41) is 0. The van der Waals surface area contributed by atoms with E-state index in [1.54, 1.807) is 0 Å². The molecule has 3 heteroatoms. The van der Waals surface area contributed by atoms with Gasteiger partial charge in [0.05, 0.1) is 6.33 Å². The molecule has 0 saturated heterocycles. The van der Waals surface area contributed by atoms with E-state index >= 15 is 0 Å². The van der Waals surface area contributed by atoms with Crippen molar-refractivity contribution >= 4 is 8.07 Å². The number of imidazole rings is 1. The van der Waals surface area contributed by atoms with Crippen LogP contribution >= 0.6 is 8.07 Å². The molecule has 1 aromatic rings. The molecule has 2 aliphatic rings. The average molecular weight is 264 g/mol. The lowest BCUT2D eigenvalue weighted by Gasteiger charge is -2.38. The summed E-state index contributed by atoms with van der Waals surface area (Å²) in [6, 6.07) is 0. The summed E-state index contributed by atoms with van der Waals surface area (Å²) >= 11 is 0. The molecule has 0 aromatic carbocycles. The van der Waals surface area contributed by atoms with E-state index in [0.29, 0.717) is 0 Å². The van der Waals surface area contributed by atoms with Gasteiger partial charge in [-0.25, -0.2) is 4.98 Å². The lowest BCUT2D eigenvalue weighted by atomic mass is 10.00. The molecule has 3 rings (SSSR count). The van der Waals surface area contributed by atoms with Gasteiger partial charge in [-0.2, -0.15) is 0 Å². The Morgan fingerprint density at radius 3 is 1.83 bits per heavy atom. The highest BCUT2D eigenvalue weighted by molar-refractivity contribution is 7.57. The van der Waals surface area contributed by atoms with Gasteiger partial charge in [0, 0.05) is 20.5 Å². The monoisotopic (exact) mass is 264 g/mol. The Morgan fingerprint density at radius 2 is 1.39 bits per heavy atom. The summed E-state index contributed by atoms with van der Waals surface area (Å²) in [7, 11) is -0.000895. The van der Waals surface area contributed by atoms with Gasteiger partial charge >= 0.3 is 0 Å². The first-order valence-corrected chi connectivity index (χ1v) is 9.15. The van der Waals surface area contributed by atoms with Crippen LogP contribution in [-0.4, -0.2) is 20.6 Å². The topological polar surface area (TPSA) is 17.8 Å². The molecule has 0 spiro atoms. The van der Waals surface area contributed by atoms with Gasteiger partial charge < -0.3 is 4.34 Å². The molecule has 2 saturated carbocycles. The lowest BCUT2D eigenvalue weighted by Crippen LogP contribution is -2.23. The van der Waals surface area contributed by atoms with Gasteiger partial charge in [-0.15, -0.1) is 0 Å². The highest BCUT2D eigenvalue weighted by Crippen LogP contribution is 2.56. The van der Waals surface area contributed by atoms with Crippen molar-refractivity contribution in [1.82, 2.24) is 9.32 Å². The van der Waals surface area contributed by atoms with E-state index in [1.165, 1.54) is 64.2 Å². The third-order valence-corrected chi connectivity index (χ3v) is 7.95. The van der Waals surface area contributed by atoms with Crippen LogP contribution in [0.5, 0.6) is 0 Å². The van der Waals surface area contributed by atoms with Crippen molar-refractivity contribution < 1.29 is 0 Å². The largest absolute Gasteiger partial charge is 0.315 e. The zero-order valence-corrected chi connectivity index (χ0v) is 12.2. The molecular weight excluding hydrogens is 239 g/mol. The van der Waals surface area contributed by atoms with E-state index in [1.807, 2.05) is 6.20 Å². The standard InChI is InChI=1S/C15H25N2P/c1-3-7-14(8-4-1)18(17-12-11-16-13-17)15-9-5-2-6-10-15/h11-15H,1-10H2. The normalized spacial score (nSPS) is 23.6. The van der Waals surface area contributed by atoms with Gasteiger partial charge in [0.15, 0.2) is 0 Å². The Balaban J connectivity index is 1.78. The molecule has 0 bridgehead atoms. The van der Waals surface area contributed by atoms with Crippen LogP contribution in [0.15, 0.2) is 18.7 Å². The van der Waals surface area contributed by atoms with Crippen molar-refractivity contribution in [2.75, 3.05) is 0 Å². The summed E-state index contributed by atoms with van der Waals surface area (Å²) in [6.45, 7) is 0. The molecule has 0 radical (unpaired) electrons. The van der Waals surface area contributed by atoms with Crippen molar-refractivity contribution in [3.63, 3.8) is 0 Å². The number of hydrogen-bond acceptors (Lipinski definition) is 1. The quantitative estimate of drug-likeness (QED) is 0.717. The second kappa shape index (κ2) is 6.19. The molecule has 0 unspecified atom stereocenters. The number of hydrogen-bond donors (Lipinski definition) is 0. The Labute approximate surface area is 112 Å². The maximum Gasteiger partial charge on any atom is 0.0979 e. The average Bonchev–Trinajstić information content (AvgIpc) is 2.95. The number of nitrogens with zero attached hydrogens (tertiary/aromatic N) is 2. The highest BCUT2D eigenvalue weighted by atomic mass is 31.1. The van der Waals surface area contributed by atoms with Gasteiger partial charge in [0.25, 0.3) is 0 Å². The van der Waals surface area contributed by atoms with Crippen molar-refractivity contribution in [2.24, 2.45) is 0 Å². The van der Waals surface area contributed by atoms with Crippen LogP contribution in [0.4, 0.5) is 0 Å². The van der Waals surface area contributed by atoms with Crippen LogP contribution < -0.4 is 0 Å². The van der Waals surface area contributed by atoms with Crippen molar-refractivity contribution in [3.8, 4) is 0 Å². The van der Waals surface area contributed by atoms with Crippen LogP contribution in [0.2, 0.25) is 0 Å². The van der Waals surface area contributed by atoms with E-state index in [9.17, 15) is 0 Å². The molecule has 0 N–H and O–H groups in total. The Morgan fingerprint density at radius 1 is 0.833 bits per heavy atom. The van der Waals surface area contributed by atoms with E-state index in [2.05, 4.69) is 21.8 Å². The van der Waals surface area contributed by atoms with E-state index in [4.69, 9.17) is 0 Å². The smallest absolute Gasteiger partial charge is 0.0979 e. The first-order valence-electron chi connectivity index (χ1n) is 7.72. The van der Waals surface area contributed by atoms with Gasteiger partial charge in [-0.05, 0) is 37.0 Å². The molecule has 2 aliphatic carbocycles. The molecule has 0 amide bonds. The predicted octanol–water partition coefficient (Wildman–Crippen LogP) is 4.79. The Hall–Kier alpha value is -0.360. The molecule has 0 atom stereocenters. The summed E-state index contributed by atoms with van der Waals surface area (Å²) in [6.07, 6.45) is 21.0. The fourth-order valence-corrected chi connectivity index (χ4v) is 7.29. The first kappa shape index (κ1) is 12.7. The summed E-state index contributed by atoms with van der Waals surface area (Å²) in [5.74, 6) is 0. The highest BCUT2D eigenvalue weighted by Gasteiger charge is 2.32. The SMILES string of the molecule is c1cn(P(C2CCCCC2)C2CCCCC2)cn1. The maximum atomic E-state index is 4.31. The fourth-order valence-electron chi connectivity index (χ4n) is 3.76. The molecule has 1 aromatic heterocycles. The van der Waals surface area contributed by atoms with Crippen molar-refractivity contribution in [1.29, 1.82) is 0 Å². The third kappa shape index (κ3) is 2.79. The van der Waals surface area contributed by atoms with Gasteiger partial charge in [-0.3, -0.25) is 0 Å². The maximum absolute atomic E-state index is 4.31. The fraction of sp³-hybridized carbons (Fsp3) is 0.800. The second-order valence-electron chi connectivity index (χ2n) is 5.91. The van der Waals surface area contributed by atoms with Crippen molar-refractivity contribution in [3.05, 3.63) is 18.7 Å². The third-order valence-electron chi connectivity index (χ3n) is 4.65. The zero-order valence-electron chi connectivity index (χ0n) is 11.3. The molecule has 1 heterocycles. The lowest BCUT2D eigenvalue weighted by molar-refractivity contribution is 0.481.